The van der Waals surface area contributed by atoms with Crippen molar-refractivity contribution in [2.75, 3.05) is 0 Å². The van der Waals surface area contributed by atoms with Gasteiger partial charge < -0.3 is 5.11 Å². The Morgan fingerprint density at radius 1 is 1.14 bits per heavy atom. The number of nitrogens with zero attached hydrogens (tertiary/aromatic N) is 3. The average Bonchev–Trinajstić information content (AvgIpc) is 3.08. The highest BCUT2D eigenvalue weighted by Crippen LogP contribution is 2.24. The molecule has 0 unspecified atom stereocenters. The normalized spacial score (nSPS) is 11.2. The Morgan fingerprint density at radius 3 is 2.57 bits per heavy atom. The molecule has 1 aromatic heterocycles. The van der Waals surface area contributed by atoms with Gasteiger partial charge in [-0.1, -0.05) is 61.5 Å². The minimum atomic E-state index is -0.917. The van der Waals surface area contributed by atoms with Gasteiger partial charge in [0.15, 0.2) is 5.82 Å². The third-order valence-electron chi connectivity index (χ3n) is 4.56. The Labute approximate surface area is 165 Å². The van der Waals surface area contributed by atoms with Crippen LogP contribution in [-0.4, -0.2) is 25.8 Å². The molecule has 0 amide bonds. The summed E-state index contributed by atoms with van der Waals surface area (Å²) >= 11 is 0. The molecule has 144 valence electrons. The van der Waals surface area contributed by atoms with E-state index in [9.17, 15) is 9.90 Å². The van der Waals surface area contributed by atoms with Gasteiger partial charge in [-0.2, -0.15) is 5.10 Å². The lowest BCUT2D eigenvalue weighted by Crippen LogP contribution is -2.07. The molecule has 5 nitrogen and oxygen atoms in total. The first kappa shape index (κ1) is 19.5. The summed E-state index contributed by atoms with van der Waals surface area (Å²) in [6.07, 6.45) is 6.76. The summed E-state index contributed by atoms with van der Waals surface area (Å²) in [6.45, 7) is 4.77. The molecule has 0 saturated carbocycles. The van der Waals surface area contributed by atoms with Gasteiger partial charge in [-0.15, -0.1) is 0 Å². The summed E-state index contributed by atoms with van der Waals surface area (Å²) in [4.78, 5) is 16.1. The van der Waals surface area contributed by atoms with Crippen LogP contribution in [-0.2, 0) is 19.4 Å². The van der Waals surface area contributed by atoms with Crippen LogP contribution in [0.1, 0.15) is 47.8 Å². The molecule has 0 aliphatic rings. The predicted octanol–water partition coefficient (Wildman–Crippen LogP) is 4.76. The number of hydrogen-bond donors (Lipinski definition) is 1. The molecule has 3 aromatic rings. The second kappa shape index (κ2) is 9.13. The lowest BCUT2D eigenvalue weighted by Gasteiger charge is -2.08. The minimum Gasteiger partial charge on any atom is -0.478 e. The number of aryl methyl sites for hydroxylation is 1. The summed E-state index contributed by atoms with van der Waals surface area (Å²) in [5.41, 5.74) is 3.03. The quantitative estimate of drug-likeness (QED) is 0.576. The number of benzene rings is 2. The molecule has 5 heteroatoms. The smallest absolute Gasteiger partial charge is 0.336 e. The summed E-state index contributed by atoms with van der Waals surface area (Å²) in [6, 6.07) is 15.0. The highest BCUT2D eigenvalue weighted by Gasteiger charge is 2.12. The third kappa shape index (κ3) is 4.55. The molecular formula is C23H25N3O2. The second-order valence-electron chi connectivity index (χ2n) is 6.67. The van der Waals surface area contributed by atoms with Crippen LogP contribution >= 0.6 is 0 Å². The highest BCUT2D eigenvalue weighted by atomic mass is 16.4. The van der Waals surface area contributed by atoms with E-state index in [-0.39, 0.29) is 0 Å². The van der Waals surface area contributed by atoms with E-state index in [1.807, 2.05) is 54.1 Å². The molecule has 0 aliphatic carbocycles. The van der Waals surface area contributed by atoms with Crippen molar-refractivity contribution in [2.45, 2.75) is 39.7 Å². The fourth-order valence-electron chi connectivity index (χ4n) is 3.14. The van der Waals surface area contributed by atoms with Gasteiger partial charge in [-0.25, -0.2) is 14.5 Å². The zero-order chi connectivity index (χ0) is 19.9. The summed E-state index contributed by atoms with van der Waals surface area (Å²) in [5.74, 6) is 0.926. The molecule has 0 spiro atoms. The maximum atomic E-state index is 11.5. The summed E-state index contributed by atoms with van der Waals surface area (Å²) in [5, 5.41) is 14.1. The Kier molecular flexibility index (Phi) is 6.37. The molecule has 0 radical (unpaired) electrons. The first-order valence-corrected chi connectivity index (χ1v) is 9.57. The van der Waals surface area contributed by atoms with Crippen LogP contribution in [0.2, 0.25) is 0 Å². The van der Waals surface area contributed by atoms with Crippen LogP contribution in [0.25, 0.3) is 11.1 Å². The average molecular weight is 375 g/mol. The summed E-state index contributed by atoms with van der Waals surface area (Å²) < 4.78 is 1.96. The van der Waals surface area contributed by atoms with E-state index in [2.05, 4.69) is 23.1 Å². The van der Waals surface area contributed by atoms with Crippen LogP contribution in [0, 0.1) is 0 Å². The molecule has 0 aliphatic heterocycles. The van der Waals surface area contributed by atoms with Crippen LogP contribution in [0.3, 0.4) is 0 Å². The van der Waals surface area contributed by atoms with Gasteiger partial charge in [0.25, 0.3) is 0 Å². The van der Waals surface area contributed by atoms with Crippen molar-refractivity contribution in [3.05, 3.63) is 83.5 Å². The number of allylic oxidation sites excluding steroid dienone is 2. The number of aromatic carboxylic acids is 1. The molecule has 3 rings (SSSR count). The third-order valence-corrected chi connectivity index (χ3v) is 4.56. The number of hydrogen-bond acceptors (Lipinski definition) is 3. The van der Waals surface area contributed by atoms with Crippen molar-refractivity contribution >= 4 is 5.97 Å². The van der Waals surface area contributed by atoms with Crippen molar-refractivity contribution in [2.24, 2.45) is 0 Å². The van der Waals surface area contributed by atoms with Crippen molar-refractivity contribution in [3.63, 3.8) is 0 Å². The largest absolute Gasteiger partial charge is 0.478 e. The van der Waals surface area contributed by atoms with E-state index in [0.29, 0.717) is 12.1 Å². The van der Waals surface area contributed by atoms with Crippen molar-refractivity contribution < 1.29 is 9.90 Å². The number of rotatable bonds is 8. The highest BCUT2D eigenvalue weighted by molar-refractivity contribution is 5.95. The molecule has 2 aromatic carbocycles. The van der Waals surface area contributed by atoms with E-state index in [0.717, 1.165) is 47.6 Å². The Bertz CT molecular complexity index is 972. The zero-order valence-electron chi connectivity index (χ0n) is 16.3. The van der Waals surface area contributed by atoms with Crippen LogP contribution in [0.5, 0.6) is 0 Å². The number of carboxylic acid groups (broad SMARTS) is 1. The number of carboxylic acids is 1. The monoisotopic (exact) mass is 375 g/mol. The lowest BCUT2D eigenvalue weighted by atomic mass is 9.99. The van der Waals surface area contributed by atoms with E-state index in [4.69, 9.17) is 0 Å². The number of carbonyl (C=O) groups is 1. The number of aromatic nitrogens is 3. The molecule has 0 fully saturated rings. The van der Waals surface area contributed by atoms with Gasteiger partial charge in [0.1, 0.15) is 5.82 Å². The van der Waals surface area contributed by atoms with Crippen molar-refractivity contribution in [1.29, 1.82) is 0 Å². The lowest BCUT2D eigenvalue weighted by molar-refractivity contribution is 0.0697. The Morgan fingerprint density at radius 2 is 1.89 bits per heavy atom. The van der Waals surface area contributed by atoms with Gasteiger partial charge in [0, 0.05) is 12.8 Å². The van der Waals surface area contributed by atoms with E-state index < -0.39 is 5.97 Å². The maximum absolute atomic E-state index is 11.5. The molecule has 0 saturated heterocycles. The fraction of sp³-hybridized carbons (Fsp3) is 0.261. The molecular weight excluding hydrogens is 350 g/mol. The van der Waals surface area contributed by atoms with E-state index in [1.54, 1.807) is 12.1 Å². The first-order valence-electron chi connectivity index (χ1n) is 9.57. The molecule has 0 atom stereocenters. The van der Waals surface area contributed by atoms with Crippen LogP contribution < -0.4 is 0 Å². The fourth-order valence-corrected chi connectivity index (χ4v) is 3.14. The zero-order valence-corrected chi connectivity index (χ0v) is 16.3. The Hall–Kier alpha value is -3.21. The van der Waals surface area contributed by atoms with E-state index in [1.165, 1.54) is 0 Å². The van der Waals surface area contributed by atoms with Gasteiger partial charge in [-0.05, 0) is 36.1 Å². The summed E-state index contributed by atoms with van der Waals surface area (Å²) in [7, 11) is 0. The predicted molar refractivity (Wildman–Crippen MR) is 110 cm³/mol. The maximum Gasteiger partial charge on any atom is 0.336 e. The van der Waals surface area contributed by atoms with E-state index >= 15 is 0 Å². The first-order chi connectivity index (χ1) is 13.6. The molecule has 28 heavy (non-hydrogen) atoms. The standard InChI is InChI=1S/C23H25N3O2/c1-3-5-11-22-24-21(8-4-2)25-26(22)16-17-12-14-18(15-13-17)19-9-6-7-10-20(19)23(27)28/h3,5-7,9-10,12-15H,4,8,11,16H2,1-2H3,(H,27,28)/b5-3+. The van der Waals surface area contributed by atoms with Crippen molar-refractivity contribution in [3.8, 4) is 11.1 Å². The molecule has 1 heterocycles. The Balaban J connectivity index is 1.84. The van der Waals surface area contributed by atoms with Crippen LogP contribution in [0.15, 0.2) is 60.7 Å². The minimum absolute atomic E-state index is 0.310. The van der Waals surface area contributed by atoms with Crippen LogP contribution in [0.4, 0.5) is 0 Å². The van der Waals surface area contributed by atoms with Gasteiger partial charge >= 0.3 is 5.97 Å². The SMILES string of the molecule is C/C=C/Cc1nc(CCC)nn1Cc1ccc(-c2ccccc2C(=O)O)cc1. The van der Waals surface area contributed by atoms with Gasteiger partial charge in [0.05, 0.1) is 12.1 Å². The molecule has 1 N–H and O–H groups in total. The molecule has 0 bridgehead atoms. The van der Waals surface area contributed by atoms with Gasteiger partial charge in [0.2, 0.25) is 0 Å². The van der Waals surface area contributed by atoms with Crippen molar-refractivity contribution in [1.82, 2.24) is 14.8 Å². The van der Waals surface area contributed by atoms with Gasteiger partial charge in [-0.3, -0.25) is 0 Å². The second-order valence-corrected chi connectivity index (χ2v) is 6.67. The topological polar surface area (TPSA) is 68.0 Å².